The quantitative estimate of drug-likeness (QED) is 0.761. The number of H-pyrrole nitrogens is 1. The van der Waals surface area contributed by atoms with Crippen molar-refractivity contribution in [2.24, 2.45) is 0 Å². The molecule has 0 aliphatic carbocycles. The molecule has 1 atom stereocenters. The summed E-state index contributed by atoms with van der Waals surface area (Å²) in [6, 6.07) is 0. The number of aromatic nitrogens is 3. The number of aliphatic hydroxyl groups excluding tert-OH is 1. The highest BCUT2D eigenvalue weighted by atomic mass is 32.2. The minimum atomic E-state index is -3.68. The van der Waals surface area contributed by atoms with E-state index in [0.717, 1.165) is 11.3 Å². The Hall–Kier alpha value is -1.45. The second kappa shape index (κ2) is 4.43. The molecule has 9 heteroatoms. The van der Waals surface area contributed by atoms with Crippen molar-refractivity contribution in [3.8, 4) is 0 Å². The summed E-state index contributed by atoms with van der Waals surface area (Å²) in [6.45, 7) is 1.56. The first-order chi connectivity index (χ1) is 7.99. The van der Waals surface area contributed by atoms with E-state index in [1.165, 1.54) is 12.5 Å². The molecule has 2 heterocycles. The lowest BCUT2D eigenvalue weighted by Gasteiger charge is -2.01. The van der Waals surface area contributed by atoms with Crippen LogP contribution in [0.25, 0.3) is 0 Å². The van der Waals surface area contributed by atoms with E-state index in [1.54, 1.807) is 12.3 Å². The predicted molar refractivity (Wildman–Crippen MR) is 62.1 cm³/mol. The van der Waals surface area contributed by atoms with E-state index >= 15 is 0 Å². The molecule has 0 saturated heterocycles. The molecule has 17 heavy (non-hydrogen) atoms. The zero-order valence-electron chi connectivity index (χ0n) is 8.78. The molecule has 1 unspecified atom stereocenters. The molecule has 0 amide bonds. The zero-order valence-corrected chi connectivity index (χ0v) is 10.4. The van der Waals surface area contributed by atoms with Crippen molar-refractivity contribution in [2.75, 3.05) is 4.72 Å². The Bertz CT molecular complexity index is 588. The SMILES string of the molecule is CC(O)c1csc(NS(=O)(=O)c2cnc[nH]2)n1. The first-order valence-corrected chi connectivity index (χ1v) is 7.00. The summed E-state index contributed by atoms with van der Waals surface area (Å²) in [5, 5.41) is 11.0. The van der Waals surface area contributed by atoms with E-state index in [9.17, 15) is 13.5 Å². The highest BCUT2D eigenvalue weighted by Gasteiger charge is 2.18. The van der Waals surface area contributed by atoms with Gasteiger partial charge in [-0.25, -0.2) is 9.97 Å². The van der Waals surface area contributed by atoms with Gasteiger partial charge < -0.3 is 10.1 Å². The topological polar surface area (TPSA) is 108 Å². The van der Waals surface area contributed by atoms with Gasteiger partial charge in [0.15, 0.2) is 10.2 Å². The van der Waals surface area contributed by atoms with Crippen molar-refractivity contribution < 1.29 is 13.5 Å². The van der Waals surface area contributed by atoms with Crippen molar-refractivity contribution in [2.45, 2.75) is 18.1 Å². The Morgan fingerprint density at radius 3 is 2.88 bits per heavy atom. The normalized spacial score (nSPS) is 13.5. The highest BCUT2D eigenvalue weighted by molar-refractivity contribution is 7.92. The monoisotopic (exact) mass is 274 g/mol. The van der Waals surface area contributed by atoms with Crippen molar-refractivity contribution in [3.05, 3.63) is 23.6 Å². The van der Waals surface area contributed by atoms with Crippen molar-refractivity contribution >= 4 is 26.5 Å². The van der Waals surface area contributed by atoms with E-state index in [1.807, 2.05) is 0 Å². The average molecular weight is 274 g/mol. The minimum absolute atomic E-state index is 0.0358. The molecule has 3 N–H and O–H groups in total. The van der Waals surface area contributed by atoms with E-state index in [2.05, 4.69) is 19.7 Å². The van der Waals surface area contributed by atoms with Crippen LogP contribution in [0, 0.1) is 0 Å². The fourth-order valence-corrected chi connectivity index (χ4v) is 3.04. The van der Waals surface area contributed by atoms with Crippen LogP contribution in [0.2, 0.25) is 0 Å². The van der Waals surface area contributed by atoms with Gasteiger partial charge in [-0.2, -0.15) is 8.42 Å². The van der Waals surface area contributed by atoms with E-state index < -0.39 is 16.1 Å². The number of aliphatic hydroxyl groups is 1. The van der Waals surface area contributed by atoms with Crippen LogP contribution in [-0.2, 0) is 10.0 Å². The number of aromatic amines is 1. The first kappa shape index (κ1) is 12.0. The van der Waals surface area contributed by atoms with E-state index in [-0.39, 0.29) is 10.2 Å². The molecule has 0 aliphatic heterocycles. The molecule has 0 radical (unpaired) electrons. The molecule has 2 aromatic rings. The fraction of sp³-hybridized carbons (Fsp3) is 0.250. The maximum Gasteiger partial charge on any atom is 0.280 e. The molecule has 0 spiro atoms. The van der Waals surface area contributed by atoms with Crippen LogP contribution in [0.1, 0.15) is 18.7 Å². The Kier molecular flexibility index (Phi) is 3.13. The Morgan fingerprint density at radius 1 is 1.59 bits per heavy atom. The molecular weight excluding hydrogens is 264 g/mol. The molecular formula is C8H10N4O3S2. The van der Waals surface area contributed by atoms with Gasteiger partial charge in [0.25, 0.3) is 10.0 Å². The number of sulfonamides is 1. The van der Waals surface area contributed by atoms with Gasteiger partial charge in [-0.15, -0.1) is 11.3 Å². The van der Waals surface area contributed by atoms with Crippen molar-refractivity contribution in [3.63, 3.8) is 0 Å². The molecule has 0 aromatic carbocycles. The molecule has 0 fully saturated rings. The van der Waals surface area contributed by atoms with Gasteiger partial charge in [-0.1, -0.05) is 0 Å². The third-order valence-electron chi connectivity index (χ3n) is 1.93. The number of thiazole rings is 1. The highest BCUT2D eigenvalue weighted by Crippen LogP contribution is 2.22. The maximum absolute atomic E-state index is 11.8. The summed E-state index contributed by atoms with van der Waals surface area (Å²) in [6.07, 6.45) is 1.75. The van der Waals surface area contributed by atoms with Gasteiger partial charge in [-0.05, 0) is 6.92 Å². The summed E-state index contributed by atoms with van der Waals surface area (Å²) in [5.41, 5.74) is 0.428. The van der Waals surface area contributed by atoms with Crippen LogP contribution in [0.15, 0.2) is 22.9 Å². The number of nitrogens with one attached hydrogen (secondary N) is 2. The Labute approximate surface area is 102 Å². The number of anilines is 1. The van der Waals surface area contributed by atoms with Crippen LogP contribution in [0.4, 0.5) is 5.13 Å². The van der Waals surface area contributed by atoms with Crippen LogP contribution >= 0.6 is 11.3 Å². The van der Waals surface area contributed by atoms with Crippen LogP contribution in [-0.4, -0.2) is 28.5 Å². The van der Waals surface area contributed by atoms with Gasteiger partial charge in [0.2, 0.25) is 0 Å². The smallest absolute Gasteiger partial charge is 0.280 e. The molecule has 0 bridgehead atoms. The lowest BCUT2D eigenvalue weighted by atomic mass is 10.3. The third kappa shape index (κ3) is 2.62. The second-order valence-electron chi connectivity index (χ2n) is 3.27. The van der Waals surface area contributed by atoms with Gasteiger partial charge in [-0.3, -0.25) is 4.72 Å². The summed E-state index contributed by atoms with van der Waals surface area (Å²) >= 11 is 1.11. The van der Waals surface area contributed by atoms with Gasteiger partial charge in [0.1, 0.15) is 0 Å². The molecule has 2 aromatic heterocycles. The third-order valence-corrected chi connectivity index (χ3v) is 4.10. The number of nitrogens with zero attached hydrogens (tertiary/aromatic N) is 2. The molecule has 7 nitrogen and oxygen atoms in total. The number of hydrogen-bond donors (Lipinski definition) is 3. The Balaban J connectivity index is 2.21. The van der Waals surface area contributed by atoms with Crippen molar-refractivity contribution in [1.82, 2.24) is 15.0 Å². The van der Waals surface area contributed by atoms with E-state index in [0.29, 0.717) is 5.69 Å². The number of imidazole rings is 1. The summed E-state index contributed by atoms with van der Waals surface area (Å²) < 4.78 is 25.8. The molecule has 0 saturated carbocycles. The maximum atomic E-state index is 11.8. The van der Waals surface area contributed by atoms with Crippen LogP contribution < -0.4 is 4.72 Å². The fourth-order valence-electron chi connectivity index (χ4n) is 1.08. The Morgan fingerprint density at radius 2 is 2.35 bits per heavy atom. The number of hydrogen-bond acceptors (Lipinski definition) is 6. The zero-order chi connectivity index (χ0) is 12.5. The summed E-state index contributed by atoms with van der Waals surface area (Å²) in [4.78, 5) is 10.1. The average Bonchev–Trinajstić information content (AvgIpc) is 2.85. The standard InChI is InChI=1S/C8H10N4O3S2/c1-5(13)6-3-16-8(11-6)12-17(14,15)7-2-9-4-10-7/h2-5,13H,1H3,(H,9,10)(H,11,12). The van der Waals surface area contributed by atoms with Crippen molar-refractivity contribution in [1.29, 1.82) is 0 Å². The lowest BCUT2D eigenvalue weighted by Crippen LogP contribution is -2.13. The lowest BCUT2D eigenvalue weighted by molar-refractivity contribution is 0.195. The van der Waals surface area contributed by atoms with Crippen LogP contribution in [0.5, 0.6) is 0 Å². The largest absolute Gasteiger partial charge is 0.387 e. The van der Waals surface area contributed by atoms with Gasteiger partial charge in [0, 0.05) is 5.38 Å². The molecule has 92 valence electrons. The first-order valence-electron chi connectivity index (χ1n) is 4.64. The van der Waals surface area contributed by atoms with Crippen LogP contribution in [0.3, 0.4) is 0 Å². The summed E-state index contributed by atoms with van der Waals surface area (Å²) in [5.74, 6) is 0. The molecule has 0 aliphatic rings. The molecule has 2 rings (SSSR count). The van der Waals surface area contributed by atoms with Gasteiger partial charge in [0.05, 0.1) is 24.3 Å². The number of rotatable bonds is 4. The van der Waals surface area contributed by atoms with E-state index in [4.69, 9.17) is 0 Å². The summed E-state index contributed by atoms with van der Waals surface area (Å²) in [7, 11) is -3.68. The van der Waals surface area contributed by atoms with Gasteiger partial charge >= 0.3 is 0 Å². The minimum Gasteiger partial charge on any atom is -0.387 e. The second-order valence-corrected chi connectivity index (χ2v) is 5.78. The predicted octanol–water partition coefficient (Wildman–Crippen LogP) is 0.720.